The maximum Gasteiger partial charge on any atom is 0.573 e. The van der Waals surface area contributed by atoms with E-state index in [1.54, 1.807) is 16.1 Å². The van der Waals surface area contributed by atoms with Crippen LogP contribution in [0.5, 0.6) is 5.75 Å². The van der Waals surface area contributed by atoms with Crippen LogP contribution in [0, 0.1) is 0 Å². The standard InChI is InChI=1S/C29H33F3N6O5/c1-41-27(40)36-10-8-35(9-11-36)21-3-2-20-18-37(19-33-23(20)16-21)22-4-5-25(43-29(30,31)32)24(17-22)34-26(39)28(6-7-28)38-12-14-42-15-13-38/h2-5,16-17,19H,6-15,18H2,1H3,(H,34,39). The molecule has 4 aliphatic rings. The second-order valence-electron chi connectivity index (χ2n) is 10.9. The topological polar surface area (TPSA) is 99.2 Å². The Morgan fingerprint density at radius 1 is 0.977 bits per heavy atom. The molecule has 6 rings (SSSR count). The third kappa shape index (κ3) is 6.20. The van der Waals surface area contributed by atoms with E-state index in [1.807, 2.05) is 23.1 Å². The number of hydrogen-bond acceptors (Lipinski definition) is 9. The van der Waals surface area contributed by atoms with Crippen molar-refractivity contribution in [2.45, 2.75) is 31.3 Å². The fourth-order valence-electron chi connectivity index (χ4n) is 5.84. The van der Waals surface area contributed by atoms with Crippen LogP contribution in [0.2, 0.25) is 0 Å². The number of halogens is 3. The van der Waals surface area contributed by atoms with Crippen LogP contribution in [0.3, 0.4) is 0 Å². The Morgan fingerprint density at radius 3 is 2.37 bits per heavy atom. The van der Waals surface area contributed by atoms with E-state index in [1.165, 1.54) is 25.3 Å². The SMILES string of the molecule is COC(=O)N1CCN(c2ccc3c(c2)N=CN(c2ccc(OC(F)(F)F)c(NC(=O)C4(N5CCOCC5)CC4)c2)C3)CC1. The number of fused-ring (bicyclic) bond motifs is 1. The number of morpholine rings is 1. The molecule has 0 bridgehead atoms. The summed E-state index contributed by atoms with van der Waals surface area (Å²) < 4.78 is 54.2. The Balaban J connectivity index is 1.18. The molecule has 1 aliphatic carbocycles. The van der Waals surface area contributed by atoms with Gasteiger partial charge < -0.3 is 34.2 Å². The van der Waals surface area contributed by atoms with E-state index in [-0.39, 0.29) is 17.7 Å². The Morgan fingerprint density at radius 2 is 1.70 bits per heavy atom. The molecule has 3 fully saturated rings. The van der Waals surface area contributed by atoms with E-state index >= 15 is 0 Å². The van der Waals surface area contributed by atoms with Crippen molar-refractivity contribution in [2.24, 2.45) is 4.99 Å². The van der Waals surface area contributed by atoms with E-state index in [0.717, 1.165) is 16.9 Å². The van der Waals surface area contributed by atoms with Crippen LogP contribution in [0.4, 0.5) is 40.7 Å². The molecule has 3 aliphatic heterocycles. The molecule has 0 spiro atoms. The Hall–Kier alpha value is -4.04. The van der Waals surface area contributed by atoms with Gasteiger partial charge in [-0.15, -0.1) is 13.2 Å². The van der Waals surface area contributed by atoms with Crippen LogP contribution in [0.25, 0.3) is 0 Å². The number of rotatable bonds is 6. The molecule has 1 saturated carbocycles. The van der Waals surface area contributed by atoms with Crippen LogP contribution in [0.1, 0.15) is 18.4 Å². The lowest BCUT2D eigenvalue weighted by atomic mass is 10.1. The van der Waals surface area contributed by atoms with Gasteiger partial charge in [-0.2, -0.15) is 0 Å². The third-order valence-corrected chi connectivity index (χ3v) is 8.35. The van der Waals surface area contributed by atoms with E-state index in [2.05, 4.69) is 19.9 Å². The van der Waals surface area contributed by atoms with Gasteiger partial charge in [0.1, 0.15) is 5.54 Å². The Kier molecular flexibility index (Phi) is 7.81. The zero-order chi connectivity index (χ0) is 30.2. The number of alkyl halides is 3. The van der Waals surface area contributed by atoms with Gasteiger partial charge in [0.25, 0.3) is 0 Å². The monoisotopic (exact) mass is 602 g/mol. The highest BCUT2D eigenvalue weighted by atomic mass is 19.4. The number of methoxy groups -OCH3 is 1. The first-order valence-corrected chi connectivity index (χ1v) is 14.2. The highest BCUT2D eigenvalue weighted by molar-refractivity contribution is 6.02. The minimum atomic E-state index is -4.92. The first-order chi connectivity index (χ1) is 20.6. The maximum absolute atomic E-state index is 13.4. The predicted molar refractivity (Wildman–Crippen MR) is 153 cm³/mol. The fourth-order valence-corrected chi connectivity index (χ4v) is 5.84. The molecule has 1 N–H and O–H groups in total. The van der Waals surface area contributed by atoms with Crippen molar-refractivity contribution in [3.63, 3.8) is 0 Å². The van der Waals surface area contributed by atoms with Gasteiger partial charge >= 0.3 is 12.5 Å². The number of carbonyl (C=O) groups excluding carboxylic acids is 2. The maximum atomic E-state index is 13.4. The lowest BCUT2D eigenvalue weighted by molar-refractivity contribution is -0.274. The van der Waals surface area contributed by atoms with Gasteiger partial charge in [0, 0.05) is 50.6 Å². The van der Waals surface area contributed by atoms with Crippen molar-refractivity contribution in [1.82, 2.24) is 9.80 Å². The molecular formula is C29H33F3N6O5. The number of nitrogens with one attached hydrogen (secondary N) is 1. The van der Waals surface area contributed by atoms with E-state index in [0.29, 0.717) is 77.6 Å². The lowest BCUT2D eigenvalue weighted by Gasteiger charge is -2.35. The summed E-state index contributed by atoms with van der Waals surface area (Å²) in [5.41, 5.74) is 2.46. The zero-order valence-corrected chi connectivity index (χ0v) is 23.7. The number of nitrogens with zero attached hydrogens (tertiary/aromatic N) is 5. The number of amides is 2. The molecule has 0 aromatic heterocycles. The molecule has 0 atom stereocenters. The molecule has 0 radical (unpaired) electrons. The number of hydrogen-bond donors (Lipinski definition) is 1. The molecule has 2 amide bonds. The number of ether oxygens (including phenoxy) is 3. The van der Waals surface area contributed by atoms with Crippen molar-refractivity contribution in [3.8, 4) is 5.75 Å². The molecular weight excluding hydrogens is 569 g/mol. The smallest absolute Gasteiger partial charge is 0.453 e. The van der Waals surface area contributed by atoms with Gasteiger partial charge in [0.15, 0.2) is 5.75 Å². The summed E-state index contributed by atoms with van der Waals surface area (Å²) in [6.07, 6.45) is -2.36. The Bertz CT molecular complexity index is 1400. The van der Waals surface area contributed by atoms with Crippen molar-refractivity contribution >= 4 is 41.1 Å². The molecule has 0 unspecified atom stereocenters. The van der Waals surface area contributed by atoms with Gasteiger partial charge in [-0.25, -0.2) is 9.79 Å². The number of anilines is 3. The Labute approximate surface area is 246 Å². The average Bonchev–Trinajstić information content (AvgIpc) is 3.83. The minimum absolute atomic E-state index is 0.0556. The molecule has 2 saturated heterocycles. The summed E-state index contributed by atoms with van der Waals surface area (Å²) in [7, 11) is 1.37. The van der Waals surface area contributed by atoms with Crippen LogP contribution < -0.4 is 19.9 Å². The average molecular weight is 603 g/mol. The lowest BCUT2D eigenvalue weighted by Crippen LogP contribution is -2.51. The van der Waals surface area contributed by atoms with Gasteiger partial charge in [-0.1, -0.05) is 6.07 Å². The zero-order valence-electron chi connectivity index (χ0n) is 23.7. The molecule has 14 heteroatoms. The summed E-state index contributed by atoms with van der Waals surface area (Å²) in [6.45, 7) is 5.08. The highest BCUT2D eigenvalue weighted by Crippen LogP contribution is 2.44. The first kappa shape index (κ1) is 29.1. The van der Waals surface area contributed by atoms with Crippen molar-refractivity contribution in [1.29, 1.82) is 0 Å². The van der Waals surface area contributed by atoms with Crippen LogP contribution in [-0.2, 0) is 20.8 Å². The van der Waals surface area contributed by atoms with Gasteiger partial charge in [-0.3, -0.25) is 9.69 Å². The van der Waals surface area contributed by atoms with E-state index < -0.39 is 17.7 Å². The van der Waals surface area contributed by atoms with Crippen LogP contribution in [-0.4, -0.2) is 99.6 Å². The molecule has 43 heavy (non-hydrogen) atoms. The second-order valence-corrected chi connectivity index (χ2v) is 10.9. The number of carbonyl (C=O) groups is 2. The first-order valence-electron chi connectivity index (χ1n) is 14.2. The summed E-state index contributed by atoms with van der Waals surface area (Å²) in [5.74, 6) is -0.829. The van der Waals surface area contributed by atoms with Crippen molar-refractivity contribution in [2.75, 3.05) is 74.7 Å². The molecule has 2 aromatic rings. The van der Waals surface area contributed by atoms with Crippen LogP contribution in [0.15, 0.2) is 41.4 Å². The number of benzene rings is 2. The van der Waals surface area contributed by atoms with E-state index in [4.69, 9.17) is 9.47 Å². The van der Waals surface area contributed by atoms with Gasteiger partial charge in [0.05, 0.1) is 44.6 Å². The van der Waals surface area contributed by atoms with Crippen molar-refractivity contribution < 1.29 is 37.0 Å². The third-order valence-electron chi connectivity index (χ3n) is 8.35. The fraction of sp³-hybridized carbons (Fsp3) is 0.483. The second kappa shape index (κ2) is 11.6. The molecule has 3 heterocycles. The number of piperazine rings is 1. The summed E-state index contributed by atoms with van der Waals surface area (Å²) >= 11 is 0. The highest BCUT2D eigenvalue weighted by Gasteiger charge is 2.54. The van der Waals surface area contributed by atoms with Crippen LogP contribution >= 0.6 is 0 Å². The predicted octanol–water partition coefficient (Wildman–Crippen LogP) is 3.96. The molecule has 11 nitrogen and oxygen atoms in total. The summed E-state index contributed by atoms with van der Waals surface area (Å²) in [4.78, 5) is 37.5. The van der Waals surface area contributed by atoms with Crippen molar-refractivity contribution in [3.05, 3.63) is 42.0 Å². The summed E-state index contributed by atoms with van der Waals surface area (Å²) in [6, 6.07) is 10.2. The largest absolute Gasteiger partial charge is 0.573 e. The normalized spacial score (nSPS) is 20.0. The van der Waals surface area contributed by atoms with E-state index in [9.17, 15) is 22.8 Å². The molecule has 2 aromatic carbocycles. The van der Waals surface area contributed by atoms with Gasteiger partial charge in [-0.05, 0) is 48.7 Å². The number of aliphatic imine (C=N–C) groups is 1. The molecule has 230 valence electrons. The quantitative estimate of drug-likeness (QED) is 0.531. The summed E-state index contributed by atoms with van der Waals surface area (Å²) in [5, 5.41) is 2.73. The minimum Gasteiger partial charge on any atom is -0.453 e. The van der Waals surface area contributed by atoms with Gasteiger partial charge in [0.2, 0.25) is 5.91 Å².